The van der Waals surface area contributed by atoms with Gasteiger partial charge in [-0.25, -0.2) is 0 Å². The second-order valence-corrected chi connectivity index (χ2v) is 5.29. The van der Waals surface area contributed by atoms with E-state index < -0.39 is 0 Å². The molecule has 0 fully saturated rings. The Hall–Kier alpha value is -3.09. The van der Waals surface area contributed by atoms with E-state index in [4.69, 9.17) is 20.6 Å². The number of anilines is 1. The van der Waals surface area contributed by atoms with Crippen molar-refractivity contribution in [3.8, 4) is 23.0 Å². The van der Waals surface area contributed by atoms with Crippen LogP contribution in [0.25, 0.3) is 0 Å². The molecule has 2 aromatic carbocycles. The van der Waals surface area contributed by atoms with E-state index in [0.717, 1.165) is 0 Å². The number of hydrogen-bond acceptors (Lipinski definition) is 6. The minimum absolute atomic E-state index is 0.0802. The molecule has 6 N–H and O–H groups in total. The molecule has 0 aliphatic carbocycles. The molecule has 7 nitrogen and oxygen atoms in total. The maximum absolute atomic E-state index is 10.2. The second kappa shape index (κ2) is 8.14. The Morgan fingerprint density at radius 2 is 1.68 bits per heavy atom. The fourth-order valence-electron chi connectivity index (χ4n) is 2.34. The molecule has 0 amide bonds. The third-order valence-corrected chi connectivity index (χ3v) is 3.52. The van der Waals surface area contributed by atoms with E-state index in [9.17, 15) is 10.2 Å². The summed E-state index contributed by atoms with van der Waals surface area (Å²) in [6.45, 7) is 5.01. The van der Waals surface area contributed by atoms with Gasteiger partial charge in [0.15, 0.2) is 11.5 Å². The van der Waals surface area contributed by atoms with Gasteiger partial charge in [-0.1, -0.05) is 0 Å². The van der Waals surface area contributed by atoms with Gasteiger partial charge in [0.05, 0.1) is 18.8 Å². The highest BCUT2D eigenvalue weighted by Crippen LogP contribution is 2.35. The molecular formula is C18H23N3O4. The van der Waals surface area contributed by atoms with Crippen LogP contribution in [0, 0.1) is 5.41 Å². The summed E-state index contributed by atoms with van der Waals surface area (Å²) in [5, 5.41) is 30.5. The van der Waals surface area contributed by atoms with Crippen LogP contribution in [0.3, 0.4) is 0 Å². The Morgan fingerprint density at radius 3 is 2.24 bits per heavy atom. The predicted octanol–water partition coefficient (Wildman–Crippen LogP) is 2.79. The lowest BCUT2D eigenvalue weighted by Crippen LogP contribution is -2.11. The normalized spacial score (nSPS) is 10.3. The molecule has 134 valence electrons. The number of rotatable bonds is 8. The number of nitrogens with two attached hydrogens (primary N) is 1. The van der Waals surface area contributed by atoms with Crippen molar-refractivity contribution in [2.45, 2.75) is 20.4 Å². The Bertz CT molecular complexity index is 762. The van der Waals surface area contributed by atoms with Crippen LogP contribution in [0.1, 0.15) is 25.0 Å². The molecule has 0 aliphatic rings. The van der Waals surface area contributed by atoms with Crippen molar-refractivity contribution in [1.29, 1.82) is 5.41 Å². The Labute approximate surface area is 146 Å². The van der Waals surface area contributed by atoms with Gasteiger partial charge in [-0.05, 0) is 32.0 Å². The first-order valence-electron chi connectivity index (χ1n) is 7.99. The highest BCUT2D eigenvalue weighted by Gasteiger charge is 2.12. The first-order valence-corrected chi connectivity index (χ1v) is 7.99. The summed E-state index contributed by atoms with van der Waals surface area (Å²) in [5.74, 6) is 0.866. The molecule has 0 saturated carbocycles. The van der Waals surface area contributed by atoms with Gasteiger partial charge >= 0.3 is 0 Å². The first kappa shape index (κ1) is 18.3. The van der Waals surface area contributed by atoms with Gasteiger partial charge in [-0.15, -0.1) is 0 Å². The molecule has 2 rings (SSSR count). The summed E-state index contributed by atoms with van der Waals surface area (Å²) in [4.78, 5) is 0. The van der Waals surface area contributed by atoms with E-state index in [1.807, 2.05) is 13.8 Å². The summed E-state index contributed by atoms with van der Waals surface area (Å²) in [7, 11) is 0. The quantitative estimate of drug-likeness (QED) is 0.370. The van der Waals surface area contributed by atoms with Crippen molar-refractivity contribution in [1.82, 2.24) is 0 Å². The summed E-state index contributed by atoms with van der Waals surface area (Å²) < 4.78 is 11.0. The summed E-state index contributed by atoms with van der Waals surface area (Å²) in [6, 6.07) is 7.99. The average molecular weight is 345 g/mol. The number of aromatic hydroxyl groups is 2. The van der Waals surface area contributed by atoms with Crippen LogP contribution in [0.2, 0.25) is 0 Å². The number of hydrogen-bond donors (Lipinski definition) is 5. The SMILES string of the molecule is CCOc1cc(O)c(CNc2ccc(C(=N)N)c(O)c2)cc1OCC. The molecule has 0 aromatic heterocycles. The number of amidine groups is 1. The minimum atomic E-state index is -0.199. The number of nitrogens with one attached hydrogen (secondary N) is 2. The molecule has 0 radical (unpaired) electrons. The highest BCUT2D eigenvalue weighted by atomic mass is 16.5. The average Bonchev–Trinajstić information content (AvgIpc) is 2.56. The first-order chi connectivity index (χ1) is 12.0. The van der Waals surface area contributed by atoms with E-state index in [1.165, 1.54) is 12.1 Å². The van der Waals surface area contributed by atoms with Crippen LogP contribution in [0.15, 0.2) is 30.3 Å². The fraction of sp³-hybridized carbons (Fsp3) is 0.278. The number of benzene rings is 2. The lowest BCUT2D eigenvalue weighted by atomic mass is 10.1. The molecule has 0 spiro atoms. The second-order valence-electron chi connectivity index (χ2n) is 5.29. The van der Waals surface area contributed by atoms with Gasteiger partial charge in [0.1, 0.15) is 17.3 Å². The zero-order chi connectivity index (χ0) is 18.4. The predicted molar refractivity (Wildman–Crippen MR) is 96.9 cm³/mol. The van der Waals surface area contributed by atoms with Crippen LogP contribution in [0.5, 0.6) is 23.0 Å². The summed E-state index contributed by atoms with van der Waals surface area (Å²) >= 11 is 0. The van der Waals surface area contributed by atoms with Crippen molar-refractivity contribution in [2.24, 2.45) is 5.73 Å². The molecule has 0 unspecified atom stereocenters. The molecule has 0 atom stereocenters. The fourth-order valence-corrected chi connectivity index (χ4v) is 2.34. The van der Waals surface area contributed by atoms with Crippen molar-refractivity contribution < 1.29 is 19.7 Å². The molecule has 2 aromatic rings. The zero-order valence-electron chi connectivity index (χ0n) is 14.3. The third-order valence-electron chi connectivity index (χ3n) is 3.52. The molecule has 0 aliphatic heterocycles. The van der Waals surface area contributed by atoms with Crippen LogP contribution in [0.4, 0.5) is 5.69 Å². The van der Waals surface area contributed by atoms with E-state index in [0.29, 0.717) is 42.5 Å². The van der Waals surface area contributed by atoms with E-state index in [2.05, 4.69) is 5.32 Å². The zero-order valence-corrected chi connectivity index (χ0v) is 14.3. The van der Waals surface area contributed by atoms with Gasteiger partial charge in [0.25, 0.3) is 0 Å². The van der Waals surface area contributed by atoms with Crippen LogP contribution in [-0.4, -0.2) is 29.3 Å². The Morgan fingerprint density at radius 1 is 1.04 bits per heavy atom. The van der Waals surface area contributed by atoms with E-state index in [1.54, 1.807) is 18.2 Å². The topological polar surface area (TPSA) is 121 Å². The molecular weight excluding hydrogens is 322 g/mol. The number of phenols is 2. The van der Waals surface area contributed by atoms with Crippen LogP contribution >= 0.6 is 0 Å². The van der Waals surface area contributed by atoms with Crippen LogP contribution < -0.4 is 20.5 Å². The molecule has 25 heavy (non-hydrogen) atoms. The monoisotopic (exact) mass is 345 g/mol. The standard InChI is InChI=1S/C18H23N3O4/c1-3-24-16-7-11(14(22)9-17(16)25-4-2)10-21-12-5-6-13(18(19)20)15(23)8-12/h5-9,21-23H,3-4,10H2,1-2H3,(H3,19,20). The van der Waals surface area contributed by atoms with E-state index >= 15 is 0 Å². The highest BCUT2D eigenvalue weighted by molar-refractivity contribution is 5.97. The molecule has 0 heterocycles. The van der Waals surface area contributed by atoms with Crippen molar-refractivity contribution in [3.05, 3.63) is 41.5 Å². The smallest absolute Gasteiger partial charge is 0.164 e. The van der Waals surface area contributed by atoms with Gasteiger partial charge < -0.3 is 30.7 Å². The molecule has 7 heteroatoms. The lowest BCUT2D eigenvalue weighted by molar-refractivity contribution is 0.285. The Balaban J connectivity index is 2.18. The molecule has 0 saturated heterocycles. The number of ether oxygens (including phenoxy) is 2. The van der Waals surface area contributed by atoms with Gasteiger partial charge in [-0.3, -0.25) is 5.41 Å². The van der Waals surface area contributed by atoms with Crippen LogP contribution in [-0.2, 0) is 6.54 Å². The Kier molecular flexibility index (Phi) is 5.94. The summed E-state index contributed by atoms with van der Waals surface area (Å²) in [5.41, 5.74) is 6.91. The minimum Gasteiger partial charge on any atom is -0.507 e. The number of nitrogen functional groups attached to an aromatic ring is 1. The number of phenolic OH excluding ortho intramolecular Hbond substituents is 2. The summed E-state index contributed by atoms with van der Waals surface area (Å²) in [6.07, 6.45) is 0. The van der Waals surface area contributed by atoms with Gasteiger partial charge in [-0.2, -0.15) is 0 Å². The third kappa shape index (κ3) is 4.47. The van der Waals surface area contributed by atoms with Crippen molar-refractivity contribution in [3.63, 3.8) is 0 Å². The maximum atomic E-state index is 10.2. The maximum Gasteiger partial charge on any atom is 0.164 e. The van der Waals surface area contributed by atoms with Gasteiger partial charge in [0, 0.05) is 29.9 Å². The van der Waals surface area contributed by atoms with E-state index in [-0.39, 0.29) is 22.9 Å². The largest absolute Gasteiger partial charge is 0.507 e. The van der Waals surface area contributed by atoms with Gasteiger partial charge in [0.2, 0.25) is 0 Å². The lowest BCUT2D eigenvalue weighted by Gasteiger charge is -2.15. The van der Waals surface area contributed by atoms with Crippen molar-refractivity contribution in [2.75, 3.05) is 18.5 Å². The molecule has 0 bridgehead atoms. The van der Waals surface area contributed by atoms with Crippen molar-refractivity contribution >= 4 is 11.5 Å².